The molecule has 0 fully saturated rings. The van der Waals surface area contributed by atoms with Crippen molar-refractivity contribution in [3.05, 3.63) is 53.1 Å². The number of carbonyl (C=O) groups is 1. The van der Waals surface area contributed by atoms with Gasteiger partial charge in [-0.15, -0.1) is 0 Å². The minimum Gasteiger partial charge on any atom is -0.320 e. The van der Waals surface area contributed by atoms with Gasteiger partial charge in [-0.1, -0.05) is 11.8 Å². The van der Waals surface area contributed by atoms with Crippen molar-refractivity contribution in [2.24, 2.45) is 5.73 Å². The van der Waals surface area contributed by atoms with Crippen LogP contribution in [0.25, 0.3) is 0 Å². The van der Waals surface area contributed by atoms with Crippen LogP contribution in [0, 0.1) is 25.7 Å². The van der Waals surface area contributed by atoms with Crippen molar-refractivity contribution in [2.45, 2.75) is 13.8 Å². The third-order valence-electron chi connectivity index (χ3n) is 2.82. The number of aryl methyl sites for hydroxylation is 2. The Labute approximate surface area is 123 Å². The Morgan fingerprint density at radius 3 is 2.86 bits per heavy atom. The number of hydrogen-bond acceptors (Lipinski definition) is 4. The largest absolute Gasteiger partial charge is 0.320 e. The molecule has 2 aromatic rings. The van der Waals surface area contributed by atoms with Crippen molar-refractivity contribution in [1.82, 2.24) is 9.97 Å². The van der Waals surface area contributed by atoms with Crippen LogP contribution in [0.2, 0.25) is 0 Å². The molecular formula is C16H16N4O. The highest BCUT2D eigenvalue weighted by molar-refractivity contribution is 6.04. The fourth-order valence-electron chi connectivity index (χ4n) is 1.83. The van der Waals surface area contributed by atoms with E-state index in [4.69, 9.17) is 5.73 Å². The van der Waals surface area contributed by atoms with Crippen LogP contribution >= 0.6 is 0 Å². The first kappa shape index (κ1) is 14.7. The molecule has 5 nitrogen and oxygen atoms in total. The normalized spacial score (nSPS) is 9.67. The van der Waals surface area contributed by atoms with Crippen LogP contribution in [0.15, 0.2) is 30.5 Å². The number of hydrogen-bond donors (Lipinski definition) is 2. The Balaban J connectivity index is 2.28. The number of nitrogens with one attached hydrogen (secondary N) is 1. The predicted octanol–water partition coefficient (Wildman–Crippen LogP) is 1.66. The Morgan fingerprint density at radius 2 is 2.14 bits per heavy atom. The van der Waals surface area contributed by atoms with Gasteiger partial charge in [0.15, 0.2) is 0 Å². The summed E-state index contributed by atoms with van der Waals surface area (Å²) in [6.45, 7) is 3.98. The lowest BCUT2D eigenvalue weighted by Gasteiger charge is -2.08. The average molecular weight is 280 g/mol. The summed E-state index contributed by atoms with van der Waals surface area (Å²) in [5, 5.41) is 2.81. The van der Waals surface area contributed by atoms with Gasteiger partial charge in [-0.2, -0.15) is 0 Å². The van der Waals surface area contributed by atoms with Crippen LogP contribution in [0.1, 0.15) is 27.4 Å². The number of aromatic nitrogens is 2. The topological polar surface area (TPSA) is 80.9 Å². The fourth-order valence-corrected chi connectivity index (χ4v) is 1.83. The number of amides is 1. The number of nitrogens with zero attached hydrogens (tertiary/aromatic N) is 2. The SMILES string of the molecule is Cc1ccc(NC(=O)c2ncccc2C#CCN)c(C)n1. The zero-order valence-electron chi connectivity index (χ0n) is 12.0. The number of nitrogens with two attached hydrogens (primary N) is 1. The molecule has 5 heteroatoms. The molecule has 0 aliphatic rings. The second kappa shape index (κ2) is 6.64. The molecule has 0 saturated carbocycles. The minimum absolute atomic E-state index is 0.233. The molecule has 106 valence electrons. The van der Waals surface area contributed by atoms with E-state index in [-0.39, 0.29) is 18.1 Å². The molecule has 0 aliphatic carbocycles. The molecule has 2 aromatic heterocycles. The molecule has 2 heterocycles. The van der Waals surface area contributed by atoms with E-state index in [1.807, 2.05) is 26.0 Å². The van der Waals surface area contributed by atoms with E-state index in [2.05, 4.69) is 27.1 Å². The Morgan fingerprint density at radius 1 is 1.33 bits per heavy atom. The van der Waals surface area contributed by atoms with Gasteiger partial charge in [0.05, 0.1) is 23.5 Å². The van der Waals surface area contributed by atoms with E-state index in [1.54, 1.807) is 18.3 Å². The summed E-state index contributed by atoms with van der Waals surface area (Å²) >= 11 is 0. The maximum Gasteiger partial charge on any atom is 0.275 e. The van der Waals surface area contributed by atoms with E-state index in [9.17, 15) is 4.79 Å². The number of rotatable bonds is 2. The van der Waals surface area contributed by atoms with Gasteiger partial charge in [-0.25, -0.2) is 4.98 Å². The third kappa shape index (κ3) is 3.65. The van der Waals surface area contributed by atoms with Gasteiger partial charge in [0.2, 0.25) is 0 Å². The third-order valence-corrected chi connectivity index (χ3v) is 2.82. The molecule has 2 rings (SSSR count). The molecule has 3 N–H and O–H groups in total. The lowest BCUT2D eigenvalue weighted by molar-refractivity contribution is 0.102. The maximum absolute atomic E-state index is 12.3. The molecular weight excluding hydrogens is 264 g/mol. The van der Waals surface area contributed by atoms with Crippen molar-refractivity contribution in [2.75, 3.05) is 11.9 Å². The first-order valence-corrected chi connectivity index (χ1v) is 6.51. The van der Waals surface area contributed by atoms with Crippen molar-refractivity contribution in [3.8, 4) is 11.8 Å². The molecule has 21 heavy (non-hydrogen) atoms. The lowest BCUT2D eigenvalue weighted by atomic mass is 10.1. The molecule has 0 spiro atoms. The first-order chi connectivity index (χ1) is 10.1. The smallest absolute Gasteiger partial charge is 0.275 e. The highest BCUT2D eigenvalue weighted by atomic mass is 16.1. The van der Waals surface area contributed by atoms with Crippen molar-refractivity contribution in [1.29, 1.82) is 0 Å². The Bertz CT molecular complexity index is 729. The maximum atomic E-state index is 12.3. The summed E-state index contributed by atoms with van der Waals surface area (Å²) in [5.41, 5.74) is 8.51. The van der Waals surface area contributed by atoms with Gasteiger partial charge in [-0.3, -0.25) is 9.78 Å². The van der Waals surface area contributed by atoms with E-state index in [0.717, 1.165) is 11.4 Å². The fraction of sp³-hybridized carbons (Fsp3) is 0.188. The quantitative estimate of drug-likeness (QED) is 0.820. The molecule has 0 aromatic carbocycles. The molecule has 0 aliphatic heterocycles. The molecule has 0 saturated heterocycles. The summed E-state index contributed by atoms with van der Waals surface area (Å²) in [7, 11) is 0. The minimum atomic E-state index is -0.314. The predicted molar refractivity (Wildman–Crippen MR) is 81.8 cm³/mol. The van der Waals surface area contributed by atoms with Gasteiger partial charge < -0.3 is 11.1 Å². The van der Waals surface area contributed by atoms with Gasteiger partial charge in [0, 0.05) is 11.9 Å². The van der Waals surface area contributed by atoms with Crippen LogP contribution in [0.3, 0.4) is 0 Å². The second-order valence-electron chi connectivity index (χ2n) is 4.45. The second-order valence-corrected chi connectivity index (χ2v) is 4.45. The van der Waals surface area contributed by atoms with Gasteiger partial charge in [-0.05, 0) is 38.1 Å². The molecule has 0 atom stereocenters. The molecule has 0 bridgehead atoms. The number of carbonyl (C=O) groups excluding carboxylic acids is 1. The van der Waals surface area contributed by atoms with E-state index in [1.165, 1.54) is 0 Å². The van der Waals surface area contributed by atoms with Crippen LogP contribution < -0.4 is 11.1 Å². The van der Waals surface area contributed by atoms with Crippen LogP contribution in [-0.4, -0.2) is 22.4 Å². The van der Waals surface area contributed by atoms with Crippen molar-refractivity contribution < 1.29 is 4.79 Å². The summed E-state index contributed by atoms with van der Waals surface area (Å²) in [6, 6.07) is 7.14. The van der Waals surface area contributed by atoms with Crippen molar-refractivity contribution >= 4 is 11.6 Å². The molecule has 0 radical (unpaired) electrons. The molecule has 0 unspecified atom stereocenters. The molecule has 1 amide bonds. The van der Waals surface area contributed by atoms with Gasteiger partial charge in [0.25, 0.3) is 5.91 Å². The summed E-state index contributed by atoms with van der Waals surface area (Å²) < 4.78 is 0. The zero-order chi connectivity index (χ0) is 15.2. The van der Waals surface area contributed by atoms with E-state index in [0.29, 0.717) is 11.3 Å². The van der Waals surface area contributed by atoms with Crippen LogP contribution in [0.4, 0.5) is 5.69 Å². The summed E-state index contributed by atoms with van der Waals surface area (Å²) in [6.07, 6.45) is 1.56. The van der Waals surface area contributed by atoms with E-state index >= 15 is 0 Å². The van der Waals surface area contributed by atoms with Crippen molar-refractivity contribution in [3.63, 3.8) is 0 Å². The Kier molecular flexibility index (Phi) is 4.64. The summed E-state index contributed by atoms with van der Waals surface area (Å²) in [4.78, 5) is 20.7. The van der Waals surface area contributed by atoms with Crippen LogP contribution in [0.5, 0.6) is 0 Å². The average Bonchev–Trinajstić information content (AvgIpc) is 2.48. The highest BCUT2D eigenvalue weighted by Gasteiger charge is 2.13. The standard InChI is InChI=1S/C16H16N4O/c1-11-7-8-14(12(2)19-11)20-16(21)15-13(5-3-9-17)6-4-10-18-15/h4,6-8,10H,9,17H2,1-2H3,(H,20,21). The highest BCUT2D eigenvalue weighted by Crippen LogP contribution is 2.14. The number of anilines is 1. The van der Waals surface area contributed by atoms with Gasteiger partial charge >= 0.3 is 0 Å². The summed E-state index contributed by atoms with van der Waals surface area (Å²) in [5.74, 6) is 5.26. The number of pyridine rings is 2. The lowest BCUT2D eigenvalue weighted by Crippen LogP contribution is -2.16. The van der Waals surface area contributed by atoms with Crippen LogP contribution in [-0.2, 0) is 0 Å². The first-order valence-electron chi connectivity index (χ1n) is 6.51. The van der Waals surface area contributed by atoms with Gasteiger partial charge in [0.1, 0.15) is 5.69 Å². The monoisotopic (exact) mass is 280 g/mol. The van der Waals surface area contributed by atoms with E-state index < -0.39 is 0 Å². The zero-order valence-corrected chi connectivity index (χ0v) is 12.0. The Hall–Kier alpha value is -2.71.